The van der Waals surface area contributed by atoms with Gasteiger partial charge in [-0.05, 0) is 68.8 Å². The fourth-order valence-electron chi connectivity index (χ4n) is 4.94. The molecule has 1 atom stereocenters. The average Bonchev–Trinajstić information content (AvgIpc) is 3.12. The minimum absolute atomic E-state index is 0.0509. The molecule has 3 aromatic rings. The van der Waals surface area contributed by atoms with Gasteiger partial charge in [0.2, 0.25) is 11.8 Å². The summed E-state index contributed by atoms with van der Waals surface area (Å²) in [6.45, 7) is 8.19. The van der Waals surface area contributed by atoms with E-state index < -0.39 is 11.6 Å². The van der Waals surface area contributed by atoms with E-state index in [0.717, 1.165) is 16.5 Å². The fourth-order valence-corrected chi connectivity index (χ4v) is 5.41. The predicted octanol–water partition coefficient (Wildman–Crippen LogP) is 6.61. The molecule has 0 saturated carbocycles. The van der Waals surface area contributed by atoms with Crippen molar-refractivity contribution < 1.29 is 14.4 Å². The van der Waals surface area contributed by atoms with E-state index in [9.17, 15) is 14.4 Å². The molecular formula is C30H33Cl2N3O3. The normalized spacial score (nSPS) is 13.6. The van der Waals surface area contributed by atoms with Gasteiger partial charge in [0, 0.05) is 46.0 Å². The van der Waals surface area contributed by atoms with Crippen LogP contribution < -0.4 is 10.2 Å². The van der Waals surface area contributed by atoms with Crippen molar-refractivity contribution in [2.24, 2.45) is 0 Å². The molecule has 1 heterocycles. The quantitative estimate of drug-likeness (QED) is 0.324. The second-order valence-corrected chi connectivity index (χ2v) is 11.5. The van der Waals surface area contributed by atoms with Crippen LogP contribution >= 0.6 is 23.2 Å². The summed E-state index contributed by atoms with van der Waals surface area (Å²) in [6.07, 6.45) is 1.08. The highest BCUT2D eigenvalue weighted by Crippen LogP contribution is 2.37. The molecule has 8 heteroatoms. The van der Waals surface area contributed by atoms with Gasteiger partial charge in [0.25, 0.3) is 5.91 Å². The minimum Gasteiger partial charge on any atom is -0.350 e. The number of halogens is 2. The molecule has 0 aliphatic carbocycles. The Balaban J connectivity index is 1.52. The summed E-state index contributed by atoms with van der Waals surface area (Å²) in [7, 11) is 0. The summed E-state index contributed by atoms with van der Waals surface area (Å²) in [5.74, 6) is -0.436. The zero-order valence-corrected chi connectivity index (χ0v) is 23.7. The molecule has 0 saturated heterocycles. The van der Waals surface area contributed by atoms with E-state index in [1.807, 2.05) is 64.1 Å². The second kappa shape index (κ2) is 11.3. The largest absolute Gasteiger partial charge is 0.350 e. The van der Waals surface area contributed by atoms with Crippen LogP contribution in [0.3, 0.4) is 0 Å². The number of carbonyl (C=O) groups excluding carboxylic acids is 3. The molecule has 0 radical (unpaired) electrons. The predicted molar refractivity (Wildman–Crippen MR) is 154 cm³/mol. The van der Waals surface area contributed by atoms with Crippen LogP contribution in [0.15, 0.2) is 54.6 Å². The SMILES string of the molecule is CCC(C(=O)NC(C)(C)C)N(Cc1ccc(Cl)cc1Cl)C(=O)CCCN1C(=O)c2cccc3cccc1c23. The molecule has 1 N–H and O–H groups in total. The first-order valence-corrected chi connectivity index (χ1v) is 13.6. The molecule has 1 aliphatic rings. The Bertz CT molecular complexity index is 1380. The van der Waals surface area contributed by atoms with Crippen molar-refractivity contribution in [3.63, 3.8) is 0 Å². The molecule has 200 valence electrons. The van der Waals surface area contributed by atoms with Crippen molar-refractivity contribution in [2.45, 2.75) is 65.1 Å². The van der Waals surface area contributed by atoms with E-state index in [0.29, 0.717) is 40.6 Å². The molecule has 4 rings (SSSR count). The number of amides is 3. The van der Waals surface area contributed by atoms with Gasteiger partial charge in [-0.2, -0.15) is 0 Å². The van der Waals surface area contributed by atoms with Crippen molar-refractivity contribution in [3.8, 4) is 0 Å². The zero-order chi connectivity index (χ0) is 27.6. The van der Waals surface area contributed by atoms with Gasteiger partial charge in [-0.25, -0.2) is 0 Å². The molecule has 1 aliphatic heterocycles. The number of hydrogen-bond donors (Lipinski definition) is 1. The summed E-state index contributed by atoms with van der Waals surface area (Å²) in [5.41, 5.74) is 1.83. The van der Waals surface area contributed by atoms with Gasteiger partial charge in [-0.1, -0.05) is 60.5 Å². The lowest BCUT2D eigenvalue weighted by Gasteiger charge is -2.33. The third kappa shape index (κ3) is 5.97. The van der Waals surface area contributed by atoms with Crippen LogP contribution in [0, 0.1) is 0 Å². The number of benzene rings is 3. The summed E-state index contributed by atoms with van der Waals surface area (Å²) in [4.78, 5) is 43.3. The molecule has 3 aromatic carbocycles. The second-order valence-electron chi connectivity index (χ2n) is 10.7. The Kier molecular flexibility index (Phi) is 8.34. The van der Waals surface area contributed by atoms with Crippen LogP contribution in [0.2, 0.25) is 10.0 Å². The van der Waals surface area contributed by atoms with Crippen molar-refractivity contribution in [3.05, 3.63) is 75.8 Å². The Morgan fingerprint density at radius 3 is 2.42 bits per heavy atom. The molecule has 6 nitrogen and oxygen atoms in total. The van der Waals surface area contributed by atoms with E-state index in [2.05, 4.69) is 5.32 Å². The lowest BCUT2D eigenvalue weighted by atomic mass is 10.0. The first kappa shape index (κ1) is 27.9. The van der Waals surface area contributed by atoms with Gasteiger partial charge in [-0.15, -0.1) is 0 Å². The van der Waals surface area contributed by atoms with Gasteiger partial charge >= 0.3 is 0 Å². The van der Waals surface area contributed by atoms with Crippen LogP contribution in [0.5, 0.6) is 0 Å². The van der Waals surface area contributed by atoms with Gasteiger partial charge in [-0.3, -0.25) is 14.4 Å². The van der Waals surface area contributed by atoms with Crippen LogP contribution in [0.1, 0.15) is 62.9 Å². The van der Waals surface area contributed by atoms with Crippen LogP contribution in [0.4, 0.5) is 5.69 Å². The minimum atomic E-state index is -0.667. The molecule has 1 unspecified atom stereocenters. The third-order valence-electron chi connectivity index (χ3n) is 6.66. The van der Waals surface area contributed by atoms with E-state index >= 15 is 0 Å². The highest BCUT2D eigenvalue weighted by atomic mass is 35.5. The summed E-state index contributed by atoms with van der Waals surface area (Å²) < 4.78 is 0. The first-order valence-electron chi connectivity index (χ1n) is 12.9. The highest BCUT2D eigenvalue weighted by Gasteiger charge is 2.32. The summed E-state index contributed by atoms with van der Waals surface area (Å²) >= 11 is 12.5. The van der Waals surface area contributed by atoms with E-state index in [1.54, 1.807) is 28.0 Å². The Labute approximate surface area is 233 Å². The molecule has 0 spiro atoms. The molecule has 0 aromatic heterocycles. The maximum Gasteiger partial charge on any atom is 0.258 e. The monoisotopic (exact) mass is 553 g/mol. The molecule has 38 heavy (non-hydrogen) atoms. The first-order chi connectivity index (χ1) is 18.0. The van der Waals surface area contributed by atoms with E-state index in [1.165, 1.54) is 0 Å². The van der Waals surface area contributed by atoms with Crippen molar-refractivity contribution in [1.82, 2.24) is 10.2 Å². The van der Waals surface area contributed by atoms with Crippen molar-refractivity contribution in [1.29, 1.82) is 0 Å². The van der Waals surface area contributed by atoms with Crippen LogP contribution in [-0.4, -0.2) is 40.7 Å². The number of rotatable bonds is 9. The average molecular weight is 555 g/mol. The number of hydrogen-bond acceptors (Lipinski definition) is 3. The van der Waals surface area contributed by atoms with E-state index in [-0.39, 0.29) is 30.7 Å². The fraction of sp³-hybridized carbons (Fsp3) is 0.367. The third-order valence-corrected chi connectivity index (χ3v) is 7.25. The van der Waals surface area contributed by atoms with Gasteiger partial charge in [0.1, 0.15) is 6.04 Å². The lowest BCUT2D eigenvalue weighted by molar-refractivity contribution is -0.142. The standard InChI is InChI=1S/C30H33Cl2N3O3/c1-5-24(28(37)33-30(2,3)4)35(18-20-14-15-21(31)17-23(20)32)26(36)13-8-16-34-25-12-7-10-19-9-6-11-22(27(19)25)29(34)38/h6-7,9-12,14-15,17,24H,5,8,13,16,18H2,1-4H3,(H,33,37). The van der Waals surface area contributed by atoms with Crippen molar-refractivity contribution in [2.75, 3.05) is 11.4 Å². The number of carbonyl (C=O) groups is 3. The van der Waals surface area contributed by atoms with Crippen LogP contribution in [0.25, 0.3) is 10.8 Å². The van der Waals surface area contributed by atoms with Crippen molar-refractivity contribution >= 4 is 57.4 Å². The highest BCUT2D eigenvalue weighted by molar-refractivity contribution is 6.35. The molecule has 3 amide bonds. The number of nitrogens with one attached hydrogen (secondary N) is 1. The zero-order valence-electron chi connectivity index (χ0n) is 22.2. The van der Waals surface area contributed by atoms with Gasteiger partial charge in [0.05, 0.1) is 5.69 Å². The Morgan fingerprint density at radius 2 is 1.76 bits per heavy atom. The Hall–Kier alpha value is -3.09. The maximum atomic E-state index is 13.6. The topological polar surface area (TPSA) is 69.7 Å². The molecular weight excluding hydrogens is 521 g/mol. The summed E-state index contributed by atoms with van der Waals surface area (Å²) in [5, 5.41) is 5.92. The summed E-state index contributed by atoms with van der Waals surface area (Å²) in [6, 6.07) is 16.1. The number of anilines is 1. The molecule has 0 bridgehead atoms. The van der Waals surface area contributed by atoms with Gasteiger partial charge < -0.3 is 15.1 Å². The molecule has 0 fully saturated rings. The van der Waals surface area contributed by atoms with Crippen LogP contribution in [-0.2, 0) is 16.1 Å². The van der Waals surface area contributed by atoms with E-state index in [4.69, 9.17) is 23.2 Å². The lowest BCUT2D eigenvalue weighted by Crippen LogP contribution is -2.53. The smallest absolute Gasteiger partial charge is 0.258 e. The number of nitrogens with zero attached hydrogens (tertiary/aromatic N) is 2. The Morgan fingerprint density at radius 1 is 1.05 bits per heavy atom. The maximum absolute atomic E-state index is 13.6. The van der Waals surface area contributed by atoms with Gasteiger partial charge in [0.15, 0.2) is 0 Å².